The lowest BCUT2D eigenvalue weighted by molar-refractivity contribution is -0.146. The highest BCUT2D eigenvalue weighted by atomic mass is 16.5. The van der Waals surface area contributed by atoms with Crippen molar-refractivity contribution in [2.45, 2.75) is 57.5 Å². The van der Waals surface area contributed by atoms with Crippen LogP contribution in [0.1, 0.15) is 51.9 Å². The molecule has 2 N–H and O–H groups in total. The fourth-order valence-corrected chi connectivity index (χ4v) is 3.60. The Morgan fingerprint density at radius 3 is 2.35 bits per heavy atom. The van der Waals surface area contributed by atoms with Crippen LogP contribution in [0.2, 0.25) is 0 Å². The summed E-state index contributed by atoms with van der Waals surface area (Å²) in [5.41, 5.74) is -0.591. The second-order valence-corrected chi connectivity index (χ2v) is 6.45. The molecule has 0 bridgehead atoms. The van der Waals surface area contributed by atoms with Gasteiger partial charge >= 0.3 is 0 Å². The standard InChI is InChI=1S/C16H30N2O2/c1-3-13-4-6-14(7-5-13)12-18-15(19)16(20-2)8-10-17-11-9-16/h13-14,17H,3-12H2,1-2H3,(H,18,19). The SMILES string of the molecule is CCC1CCC(CNC(=O)C2(OC)CCNCC2)CC1. The monoisotopic (exact) mass is 282 g/mol. The Morgan fingerprint density at radius 2 is 1.80 bits per heavy atom. The third kappa shape index (κ3) is 3.73. The number of methoxy groups -OCH3 is 1. The van der Waals surface area contributed by atoms with Crippen LogP contribution in [0.25, 0.3) is 0 Å². The number of amides is 1. The molecule has 2 rings (SSSR count). The van der Waals surface area contributed by atoms with Crippen LogP contribution in [0.5, 0.6) is 0 Å². The summed E-state index contributed by atoms with van der Waals surface area (Å²) in [5, 5.41) is 6.44. The van der Waals surface area contributed by atoms with Crippen LogP contribution in [0.3, 0.4) is 0 Å². The molecule has 1 aliphatic heterocycles. The van der Waals surface area contributed by atoms with Crippen molar-refractivity contribution in [3.05, 3.63) is 0 Å². The number of hydrogen-bond donors (Lipinski definition) is 2. The lowest BCUT2D eigenvalue weighted by atomic mass is 9.80. The summed E-state index contributed by atoms with van der Waals surface area (Å²) in [5.74, 6) is 1.67. The molecule has 1 heterocycles. The molecule has 1 aliphatic carbocycles. The summed E-state index contributed by atoms with van der Waals surface area (Å²) < 4.78 is 5.56. The molecule has 1 amide bonds. The van der Waals surface area contributed by atoms with Crippen LogP contribution in [0, 0.1) is 11.8 Å². The number of carbonyl (C=O) groups excluding carboxylic acids is 1. The Balaban J connectivity index is 1.77. The van der Waals surface area contributed by atoms with Gasteiger partial charge in [-0.25, -0.2) is 0 Å². The number of hydrogen-bond acceptors (Lipinski definition) is 3. The second kappa shape index (κ2) is 7.41. The highest BCUT2D eigenvalue weighted by molar-refractivity contribution is 5.85. The summed E-state index contributed by atoms with van der Waals surface area (Å²) in [6.45, 7) is 4.84. The summed E-state index contributed by atoms with van der Waals surface area (Å²) >= 11 is 0. The predicted octanol–water partition coefficient (Wildman–Crippen LogP) is 2.09. The van der Waals surface area contributed by atoms with E-state index in [1.165, 1.54) is 32.1 Å². The number of rotatable bonds is 5. The molecular formula is C16H30N2O2. The van der Waals surface area contributed by atoms with Gasteiger partial charge in [0.05, 0.1) is 0 Å². The van der Waals surface area contributed by atoms with Gasteiger partial charge in [0.2, 0.25) is 0 Å². The van der Waals surface area contributed by atoms with Gasteiger partial charge in [-0.2, -0.15) is 0 Å². The molecule has 4 nitrogen and oxygen atoms in total. The molecule has 1 saturated carbocycles. The van der Waals surface area contributed by atoms with Crippen molar-refractivity contribution in [2.75, 3.05) is 26.7 Å². The number of nitrogens with one attached hydrogen (secondary N) is 2. The second-order valence-electron chi connectivity index (χ2n) is 6.45. The number of piperidine rings is 1. The summed E-state index contributed by atoms with van der Waals surface area (Å²) in [7, 11) is 1.66. The molecule has 1 saturated heterocycles. The highest BCUT2D eigenvalue weighted by Crippen LogP contribution is 2.30. The summed E-state index contributed by atoms with van der Waals surface area (Å²) in [6, 6.07) is 0. The minimum Gasteiger partial charge on any atom is -0.368 e. The maximum absolute atomic E-state index is 12.5. The van der Waals surface area contributed by atoms with Crippen molar-refractivity contribution >= 4 is 5.91 Å². The number of carbonyl (C=O) groups is 1. The van der Waals surface area contributed by atoms with E-state index in [1.807, 2.05) is 0 Å². The zero-order valence-corrected chi connectivity index (χ0v) is 13.0. The van der Waals surface area contributed by atoms with E-state index in [-0.39, 0.29) is 5.91 Å². The Hall–Kier alpha value is -0.610. The molecule has 2 aliphatic rings. The molecule has 20 heavy (non-hydrogen) atoms. The molecule has 0 spiro atoms. The van der Waals surface area contributed by atoms with Gasteiger partial charge < -0.3 is 15.4 Å². The van der Waals surface area contributed by atoms with E-state index in [1.54, 1.807) is 7.11 Å². The van der Waals surface area contributed by atoms with Crippen LogP contribution >= 0.6 is 0 Å². The van der Waals surface area contributed by atoms with E-state index in [2.05, 4.69) is 17.6 Å². The molecule has 0 unspecified atom stereocenters. The van der Waals surface area contributed by atoms with E-state index in [9.17, 15) is 4.79 Å². The Kier molecular flexibility index (Phi) is 5.85. The molecule has 0 aromatic rings. The lowest BCUT2D eigenvalue weighted by Crippen LogP contribution is -2.54. The van der Waals surface area contributed by atoms with E-state index in [0.29, 0.717) is 5.92 Å². The van der Waals surface area contributed by atoms with Gasteiger partial charge in [-0.15, -0.1) is 0 Å². The lowest BCUT2D eigenvalue weighted by Gasteiger charge is -2.35. The topological polar surface area (TPSA) is 50.4 Å². The minimum absolute atomic E-state index is 0.0964. The maximum Gasteiger partial charge on any atom is 0.252 e. The molecule has 116 valence electrons. The van der Waals surface area contributed by atoms with Gasteiger partial charge in [0, 0.05) is 13.7 Å². The summed E-state index contributed by atoms with van der Waals surface area (Å²) in [4.78, 5) is 12.5. The number of ether oxygens (including phenoxy) is 1. The average Bonchev–Trinajstić information content (AvgIpc) is 2.53. The molecule has 4 heteroatoms. The first-order valence-corrected chi connectivity index (χ1v) is 8.24. The van der Waals surface area contributed by atoms with Gasteiger partial charge in [0.1, 0.15) is 5.60 Å². The Morgan fingerprint density at radius 1 is 1.20 bits per heavy atom. The average molecular weight is 282 g/mol. The first-order chi connectivity index (χ1) is 9.70. The van der Waals surface area contributed by atoms with Crippen molar-refractivity contribution in [3.63, 3.8) is 0 Å². The third-order valence-corrected chi connectivity index (χ3v) is 5.31. The van der Waals surface area contributed by atoms with Crippen LogP contribution < -0.4 is 10.6 Å². The fraction of sp³-hybridized carbons (Fsp3) is 0.938. The zero-order chi connectivity index (χ0) is 14.4. The molecule has 0 radical (unpaired) electrons. The Labute approximate surface area is 123 Å². The van der Waals surface area contributed by atoms with Crippen molar-refractivity contribution < 1.29 is 9.53 Å². The molecule has 2 fully saturated rings. The van der Waals surface area contributed by atoms with Crippen LogP contribution in [-0.2, 0) is 9.53 Å². The quantitative estimate of drug-likeness (QED) is 0.812. The molecular weight excluding hydrogens is 252 g/mol. The fourth-order valence-electron chi connectivity index (χ4n) is 3.60. The van der Waals surface area contributed by atoms with E-state index in [4.69, 9.17) is 4.74 Å². The van der Waals surface area contributed by atoms with Gasteiger partial charge in [0.25, 0.3) is 5.91 Å². The van der Waals surface area contributed by atoms with Crippen molar-refractivity contribution in [2.24, 2.45) is 11.8 Å². The Bertz CT molecular complexity index is 306. The van der Waals surface area contributed by atoms with Crippen molar-refractivity contribution in [3.8, 4) is 0 Å². The van der Waals surface area contributed by atoms with E-state index >= 15 is 0 Å². The van der Waals surface area contributed by atoms with Gasteiger partial charge in [-0.1, -0.05) is 26.2 Å². The van der Waals surface area contributed by atoms with E-state index in [0.717, 1.165) is 38.4 Å². The third-order valence-electron chi connectivity index (χ3n) is 5.31. The van der Waals surface area contributed by atoms with Gasteiger partial charge in [-0.05, 0) is 50.6 Å². The van der Waals surface area contributed by atoms with Crippen LogP contribution in [-0.4, -0.2) is 38.3 Å². The van der Waals surface area contributed by atoms with Crippen LogP contribution in [0.4, 0.5) is 0 Å². The van der Waals surface area contributed by atoms with Crippen LogP contribution in [0.15, 0.2) is 0 Å². The highest BCUT2D eigenvalue weighted by Gasteiger charge is 2.39. The van der Waals surface area contributed by atoms with Crippen molar-refractivity contribution in [1.82, 2.24) is 10.6 Å². The minimum atomic E-state index is -0.591. The predicted molar refractivity (Wildman–Crippen MR) is 80.6 cm³/mol. The molecule has 0 aromatic carbocycles. The molecule has 0 aromatic heterocycles. The first kappa shape index (κ1) is 15.8. The normalized spacial score (nSPS) is 29.9. The molecule has 0 atom stereocenters. The largest absolute Gasteiger partial charge is 0.368 e. The first-order valence-electron chi connectivity index (χ1n) is 8.24. The van der Waals surface area contributed by atoms with E-state index < -0.39 is 5.60 Å². The van der Waals surface area contributed by atoms with Gasteiger partial charge in [-0.3, -0.25) is 4.79 Å². The maximum atomic E-state index is 12.5. The van der Waals surface area contributed by atoms with Crippen molar-refractivity contribution in [1.29, 1.82) is 0 Å². The summed E-state index contributed by atoms with van der Waals surface area (Å²) in [6.07, 6.45) is 8.04. The van der Waals surface area contributed by atoms with Gasteiger partial charge in [0.15, 0.2) is 0 Å². The smallest absolute Gasteiger partial charge is 0.252 e. The zero-order valence-electron chi connectivity index (χ0n) is 13.0.